The number of aromatic nitrogens is 4. The van der Waals surface area contributed by atoms with Crippen LogP contribution in [-0.2, 0) is 25.7 Å². The van der Waals surface area contributed by atoms with Crippen molar-refractivity contribution >= 4 is 35.5 Å². The fourth-order valence-electron chi connectivity index (χ4n) is 6.97. The van der Waals surface area contributed by atoms with E-state index in [2.05, 4.69) is 31.5 Å². The molecule has 6 rings (SSSR count). The van der Waals surface area contributed by atoms with Gasteiger partial charge >= 0.3 is 5.97 Å². The first kappa shape index (κ1) is 26.2. The quantitative estimate of drug-likeness (QED) is 0.266. The standard InChI is InChI=1S/C24H33N9O5S/c1-11-19-18(12(2)28-17(34)9-31-10-27-29-30-31)23(36)33(19)20(24(37)38)21(11)39-14-5-15(26-7-14)22(35)32-4-3-13-6-25-8-16(13)32/h10-16,18-19,25-26H,3-9H2,1-2H3,(H,28,34)(H,37,38)/t11-,12?,13?,14+,15+,16?,18-,19-/m1/s1. The molecule has 5 aliphatic heterocycles. The number of nitrogens with zero attached hydrogens (tertiary/aromatic N) is 6. The second-order valence-electron chi connectivity index (χ2n) is 11.1. The molecule has 210 valence electrons. The molecule has 5 aliphatic rings. The lowest BCUT2D eigenvalue weighted by Gasteiger charge is -2.47. The smallest absolute Gasteiger partial charge is 0.353 e. The van der Waals surface area contributed by atoms with Gasteiger partial charge in [-0.05, 0) is 36.1 Å². The molecular formula is C24H33N9O5S. The maximum atomic E-state index is 13.3. The zero-order valence-corrected chi connectivity index (χ0v) is 22.6. The molecule has 4 saturated heterocycles. The molecule has 0 saturated carbocycles. The molecule has 6 heterocycles. The van der Waals surface area contributed by atoms with Crippen LogP contribution >= 0.6 is 11.8 Å². The molecule has 3 amide bonds. The summed E-state index contributed by atoms with van der Waals surface area (Å²) in [4.78, 5) is 55.3. The van der Waals surface area contributed by atoms with Crippen molar-refractivity contribution in [1.82, 2.24) is 46.0 Å². The SMILES string of the molecule is CC(NC(=O)Cn1cnnn1)[C@H]1C(=O)N2C(C(=O)O)=C(S[C@@H]3CN[C@H](C(=O)N4CCC5CNCC54)C3)[C@H](C)[C@H]12. The van der Waals surface area contributed by atoms with Gasteiger partial charge in [0.1, 0.15) is 18.6 Å². The summed E-state index contributed by atoms with van der Waals surface area (Å²) in [5, 5.41) is 30.4. The third-order valence-corrected chi connectivity index (χ3v) is 10.3. The molecule has 1 aromatic heterocycles. The van der Waals surface area contributed by atoms with Crippen LogP contribution in [0, 0.1) is 17.8 Å². The van der Waals surface area contributed by atoms with E-state index in [4.69, 9.17) is 0 Å². The summed E-state index contributed by atoms with van der Waals surface area (Å²) in [7, 11) is 0. The lowest BCUT2D eigenvalue weighted by Crippen LogP contribution is -2.66. The van der Waals surface area contributed by atoms with Crippen LogP contribution in [0.2, 0.25) is 0 Å². The number of carboxylic acid groups (broad SMARTS) is 1. The molecule has 1 aromatic rings. The third kappa shape index (κ3) is 4.49. The predicted octanol–water partition coefficient (Wildman–Crippen LogP) is -1.77. The van der Waals surface area contributed by atoms with Crippen molar-refractivity contribution in [3.05, 3.63) is 16.9 Å². The number of carbonyl (C=O) groups excluding carboxylic acids is 3. The van der Waals surface area contributed by atoms with E-state index in [0.29, 0.717) is 23.8 Å². The highest BCUT2D eigenvalue weighted by atomic mass is 32.2. The minimum absolute atomic E-state index is 0.0199. The van der Waals surface area contributed by atoms with Gasteiger partial charge in [0.2, 0.25) is 17.7 Å². The number of likely N-dealkylation sites (tertiary alicyclic amines) is 1. The van der Waals surface area contributed by atoms with Gasteiger partial charge in [-0.25, -0.2) is 9.48 Å². The van der Waals surface area contributed by atoms with Crippen molar-refractivity contribution in [2.45, 2.75) is 62.7 Å². The number of carbonyl (C=O) groups is 4. The van der Waals surface area contributed by atoms with E-state index in [9.17, 15) is 24.3 Å². The summed E-state index contributed by atoms with van der Waals surface area (Å²) >= 11 is 1.47. The molecule has 4 fully saturated rings. The van der Waals surface area contributed by atoms with Crippen molar-refractivity contribution in [3.63, 3.8) is 0 Å². The Hall–Kier alpha value is -3.04. The first-order chi connectivity index (χ1) is 18.7. The monoisotopic (exact) mass is 559 g/mol. The van der Waals surface area contributed by atoms with Crippen molar-refractivity contribution < 1.29 is 24.3 Å². The molecule has 3 unspecified atom stereocenters. The molecule has 39 heavy (non-hydrogen) atoms. The summed E-state index contributed by atoms with van der Waals surface area (Å²) in [6.45, 7) is 6.82. The number of rotatable bonds is 8. The summed E-state index contributed by atoms with van der Waals surface area (Å²) in [6, 6.07) is -0.857. The maximum absolute atomic E-state index is 13.3. The molecule has 15 heteroatoms. The Morgan fingerprint density at radius 3 is 2.85 bits per heavy atom. The van der Waals surface area contributed by atoms with Crippen LogP contribution in [0.25, 0.3) is 0 Å². The molecule has 0 spiro atoms. The highest BCUT2D eigenvalue weighted by Gasteiger charge is 2.60. The number of aliphatic carboxylic acids is 1. The minimum Gasteiger partial charge on any atom is -0.477 e. The minimum atomic E-state index is -1.13. The molecule has 0 aromatic carbocycles. The van der Waals surface area contributed by atoms with Gasteiger partial charge in [0, 0.05) is 54.3 Å². The van der Waals surface area contributed by atoms with Crippen LogP contribution in [0.1, 0.15) is 26.7 Å². The van der Waals surface area contributed by atoms with Crippen molar-refractivity contribution in [3.8, 4) is 0 Å². The Labute approximate surface area is 229 Å². The first-order valence-electron chi connectivity index (χ1n) is 13.5. The van der Waals surface area contributed by atoms with Crippen LogP contribution in [0.15, 0.2) is 16.9 Å². The normalized spacial score (nSPS) is 34.2. The van der Waals surface area contributed by atoms with Crippen molar-refractivity contribution in [2.75, 3.05) is 26.2 Å². The number of hydrogen-bond acceptors (Lipinski definition) is 10. The van der Waals surface area contributed by atoms with Gasteiger partial charge in [-0.2, -0.15) is 0 Å². The van der Waals surface area contributed by atoms with E-state index in [-0.39, 0.29) is 59.3 Å². The Balaban J connectivity index is 1.10. The number of hydrogen-bond donors (Lipinski definition) is 4. The number of amides is 3. The largest absolute Gasteiger partial charge is 0.477 e. The molecule has 0 aliphatic carbocycles. The Morgan fingerprint density at radius 1 is 1.28 bits per heavy atom. The Morgan fingerprint density at radius 2 is 2.10 bits per heavy atom. The molecule has 8 atom stereocenters. The summed E-state index contributed by atoms with van der Waals surface area (Å²) in [5.74, 6) is -1.86. The van der Waals surface area contributed by atoms with Crippen LogP contribution < -0.4 is 16.0 Å². The van der Waals surface area contributed by atoms with Crippen LogP contribution in [0.3, 0.4) is 0 Å². The van der Waals surface area contributed by atoms with Gasteiger partial charge in [0.25, 0.3) is 0 Å². The predicted molar refractivity (Wildman–Crippen MR) is 138 cm³/mol. The average molecular weight is 560 g/mol. The second kappa shape index (κ2) is 10.2. The fraction of sp³-hybridized carbons (Fsp3) is 0.708. The fourth-order valence-corrected chi connectivity index (χ4v) is 8.45. The molecule has 4 N–H and O–H groups in total. The van der Waals surface area contributed by atoms with Gasteiger partial charge in [0.05, 0.1) is 18.0 Å². The number of thioether (sulfide) groups is 1. The lowest BCUT2D eigenvalue weighted by atomic mass is 9.78. The molecule has 14 nitrogen and oxygen atoms in total. The van der Waals surface area contributed by atoms with E-state index in [1.165, 1.54) is 27.7 Å². The topological polar surface area (TPSA) is 175 Å². The van der Waals surface area contributed by atoms with Gasteiger partial charge in [0.15, 0.2) is 0 Å². The molecule has 0 bridgehead atoms. The van der Waals surface area contributed by atoms with E-state index in [1.54, 1.807) is 6.92 Å². The lowest BCUT2D eigenvalue weighted by molar-refractivity contribution is -0.158. The first-order valence-corrected chi connectivity index (χ1v) is 14.3. The highest BCUT2D eigenvalue weighted by Crippen LogP contribution is 2.52. The van der Waals surface area contributed by atoms with E-state index in [1.807, 2.05) is 11.8 Å². The summed E-state index contributed by atoms with van der Waals surface area (Å²) < 4.78 is 1.29. The average Bonchev–Trinajstić information content (AvgIpc) is 3.69. The highest BCUT2D eigenvalue weighted by molar-refractivity contribution is 8.03. The number of nitrogens with one attached hydrogen (secondary N) is 3. The number of β-lactam (4-membered cyclic amide) rings is 1. The number of tetrazole rings is 1. The second-order valence-corrected chi connectivity index (χ2v) is 12.5. The van der Waals surface area contributed by atoms with Crippen molar-refractivity contribution in [2.24, 2.45) is 17.8 Å². The van der Waals surface area contributed by atoms with Crippen molar-refractivity contribution in [1.29, 1.82) is 0 Å². The molecular weight excluding hydrogens is 526 g/mol. The van der Waals surface area contributed by atoms with Crippen LogP contribution in [-0.4, -0.2) is 114 Å². The summed E-state index contributed by atoms with van der Waals surface area (Å²) in [5.41, 5.74) is 0.0279. The zero-order chi connectivity index (χ0) is 27.4. The van der Waals surface area contributed by atoms with E-state index >= 15 is 0 Å². The number of fused-ring (bicyclic) bond motifs is 2. The van der Waals surface area contributed by atoms with Crippen LogP contribution in [0.4, 0.5) is 0 Å². The summed E-state index contributed by atoms with van der Waals surface area (Å²) in [6.07, 6.45) is 2.97. The Kier molecular flexibility index (Phi) is 6.83. The molecule has 0 radical (unpaired) electrons. The zero-order valence-electron chi connectivity index (χ0n) is 21.8. The van der Waals surface area contributed by atoms with Crippen LogP contribution in [0.5, 0.6) is 0 Å². The Bertz CT molecular complexity index is 1210. The van der Waals surface area contributed by atoms with Gasteiger partial charge < -0.3 is 30.9 Å². The van der Waals surface area contributed by atoms with Gasteiger partial charge in [-0.1, -0.05) is 6.92 Å². The third-order valence-electron chi connectivity index (χ3n) is 8.83. The van der Waals surface area contributed by atoms with E-state index < -0.39 is 17.9 Å². The van der Waals surface area contributed by atoms with E-state index in [0.717, 1.165) is 26.1 Å². The van der Waals surface area contributed by atoms with Gasteiger partial charge in [-0.3, -0.25) is 14.4 Å². The maximum Gasteiger partial charge on any atom is 0.353 e. The van der Waals surface area contributed by atoms with Gasteiger partial charge in [-0.15, -0.1) is 16.9 Å². The number of carboxylic acids is 1.